The number of phenols is 1. The Bertz CT molecular complexity index is 567. The van der Waals surface area contributed by atoms with Crippen LogP contribution in [0.15, 0.2) is 18.2 Å². The van der Waals surface area contributed by atoms with Crippen molar-refractivity contribution in [2.75, 3.05) is 0 Å². The van der Waals surface area contributed by atoms with Gasteiger partial charge in [0.15, 0.2) is 0 Å². The van der Waals surface area contributed by atoms with Gasteiger partial charge in [0.05, 0.1) is 11.6 Å². The second kappa shape index (κ2) is 6.17. The molecular weight excluding hydrogens is 264 g/mol. The monoisotopic (exact) mass is 286 g/mol. The first-order chi connectivity index (χ1) is 9.99. The summed E-state index contributed by atoms with van der Waals surface area (Å²) < 4.78 is 0. The lowest BCUT2D eigenvalue weighted by Gasteiger charge is -2.35. The van der Waals surface area contributed by atoms with Crippen molar-refractivity contribution < 1.29 is 9.90 Å². The number of aromatic hydroxyl groups is 1. The summed E-state index contributed by atoms with van der Waals surface area (Å²) in [6.07, 6.45) is 4.41. The lowest BCUT2D eigenvalue weighted by Crippen LogP contribution is -2.49. The summed E-state index contributed by atoms with van der Waals surface area (Å²) in [5, 5.41) is 22.2. The highest BCUT2D eigenvalue weighted by molar-refractivity contribution is 5.97. The van der Waals surface area contributed by atoms with E-state index in [1.165, 1.54) is 0 Å². The molecule has 0 radical (unpaired) electrons. The molecule has 112 valence electrons. The first-order valence-corrected chi connectivity index (χ1v) is 7.53. The van der Waals surface area contributed by atoms with Gasteiger partial charge in [-0.1, -0.05) is 19.4 Å². The van der Waals surface area contributed by atoms with E-state index in [4.69, 9.17) is 0 Å². The minimum Gasteiger partial charge on any atom is -0.507 e. The van der Waals surface area contributed by atoms with E-state index in [1.54, 1.807) is 18.2 Å². The van der Waals surface area contributed by atoms with Crippen molar-refractivity contribution in [2.24, 2.45) is 5.92 Å². The molecule has 1 saturated carbocycles. The van der Waals surface area contributed by atoms with E-state index in [9.17, 15) is 15.2 Å². The summed E-state index contributed by atoms with van der Waals surface area (Å²) in [6, 6.07) is 7.22. The molecule has 0 spiro atoms. The maximum Gasteiger partial charge on any atom is 0.256 e. The molecule has 0 aromatic heterocycles. The molecule has 1 fully saturated rings. The van der Waals surface area contributed by atoms with Crippen LogP contribution in [-0.4, -0.2) is 16.6 Å². The van der Waals surface area contributed by atoms with Crippen molar-refractivity contribution in [3.63, 3.8) is 0 Å². The summed E-state index contributed by atoms with van der Waals surface area (Å²) in [6.45, 7) is 4.01. The molecule has 1 aromatic carbocycles. The third-order valence-electron chi connectivity index (χ3n) is 4.50. The number of rotatable bonds is 3. The number of benzene rings is 1. The van der Waals surface area contributed by atoms with Crippen LogP contribution in [0, 0.1) is 24.2 Å². The average Bonchev–Trinajstić information content (AvgIpc) is 2.47. The van der Waals surface area contributed by atoms with Gasteiger partial charge in [-0.3, -0.25) is 4.79 Å². The fraction of sp³-hybridized carbons (Fsp3) is 0.529. The van der Waals surface area contributed by atoms with Crippen molar-refractivity contribution in [1.82, 2.24) is 5.32 Å². The lowest BCUT2D eigenvalue weighted by molar-refractivity contribution is 0.0888. The number of amides is 1. The number of carbonyl (C=O) groups is 1. The molecule has 0 atom stereocenters. The maximum atomic E-state index is 12.3. The van der Waals surface area contributed by atoms with Gasteiger partial charge in [0.2, 0.25) is 0 Å². The lowest BCUT2D eigenvalue weighted by atomic mass is 9.76. The molecule has 2 N–H and O–H groups in total. The van der Waals surface area contributed by atoms with E-state index in [1.807, 2.05) is 6.92 Å². The molecule has 0 saturated heterocycles. The van der Waals surface area contributed by atoms with Gasteiger partial charge in [0.1, 0.15) is 11.3 Å². The van der Waals surface area contributed by atoms with Crippen LogP contribution in [0.3, 0.4) is 0 Å². The molecule has 4 nitrogen and oxygen atoms in total. The Hall–Kier alpha value is -2.02. The Morgan fingerprint density at radius 1 is 1.48 bits per heavy atom. The van der Waals surface area contributed by atoms with E-state index in [2.05, 4.69) is 18.3 Å². The smallest absolute Gasteiger partial charge is 0.256 e. The standard InChI is InChI=1S/C17H22N2O2/c1-3-13-6-8-17(11-18,9-7-13)19-16(21)14-5-4-12(2)10-15(14)20/h4-5,10,13,20H,3,6-9H2,1-2H3,(H,19,21). The molecule has 2 rings (SSSR count). The van der Waals surface area contributed by atoms with Crippen LogP contribution in [-0.2, 0) is 0 Å². The third-order valence-corrected chi connectivity index (χ3v) is 4.50. The second-order valence-electron chi connectivity index (χ2n) is 6.02. The number of aryl methyl sites for hydroxylation is 1. The van der Waals surface area contributed by atoms with Gasteiger partial charge >= 0.3 is 0 Å². The fourth-order valence-corrected chi connectivity index (χ4v) is 2.96. The fourth-order valence-electron chi connectivity index (χ4n) is 2.96. The van der Waals surface area contributed by atoms with Crippen LogP contribution in [0.4, 0.5) is 0 Å². The van der Waals surface area contributed by atoms with Crippen molar-refractivity contribution in [2.45, 2.75) is 51.5 Å². The Balaban J connectivity index is 2.12. The predicted octanol–water partition coefficient (Wildman–Crippen LogP) is 3.29. The summed E-state index contributed by atoms with van der Waals surface area (Å²) in [4.78, 5) is 12.3. The Morgan fingerprint density at radius 3 is 2.67 bits per heavy atom. The van der Waals surface area contributed by atoms with E-state index in [0.717, 1.165) is 24.8 Å². The summed E-state index contributed by atoms with van der Waals surface area (Å²) in [5.74, 6) is 0.239. The minimum absolute atomic E-state index is 0.0390. The van der Waals surface area contributed by atoms with Gasteiger partial charge in [0, 0.05) is 0 Å². The van der Waals surface area contributed by atoms with Crippen molar-refractivity contribution >= 4 is 5.91 Å². The zero-order valence-corrected chi connectivity index (χ0v) is 12.6. The van der Waals surface area contributed by atoms with Crippen LogP contribution in [0.1, 0.15) is 54.9 Å². The minimum atomic E-state index is -0.792. The molecule has 4 heteroatoms. The quantitative estimate of drug-likeness (QED) is 0.895. The molecule has 21 heavy (non-hydrogen) atoms. The number of nitrogens with one attached hydrogen (secondary N) is 1. The van der Waals surface area contributed by atoms with Gasteiger partial charge in [0.25, 0.3) is 5.91 Å². The highest BCUT2D eigenvalue weighted by Gasteiger charge is 2.36. The molecule has 1 aromatic rings. The van der Waals surface area contributed by atoms with E-state index in [-0.39, 0.29) is 17.2 Å². The molecule has 0 aliphatic heterocycles. The van der Waals surface area contributed by atoms with Crippen LogP contribution in [0.5, 0.6) is 5.75 Å². The molecule has 1 aliphatic carbocycles. The SMILES string of the molecule is CCC1CCC(C#N)(NC(=O)c2ccc(C)cc2O)CC1. The van der Waals surface area contributed by atoms with Gasteiger partial charge < -0.3 is 10.4 Å². The normalized spacial score (nSPS) is 25.1. The Morgan fingerprint density at radius 2 is 2.14 bits per heavy atom. The number of nitrogens with zero attached hydrogens (tertiary/aromatic N) is 1. The second-order valence-corrected chi connectivity index (χ2v) is 6.02. The van der Waals surface area contributed by atoms with Gasteiger partial charge in [-0.2, -0.15) is 5.26 Å². The number of hydrogen-bond donors (Lipinski definition) is 2. The topological polar surface area (TPSA) is 73.1 Å². The number of carbonyl (C=O) groups excluding carboxylic acids is 1. The van der Waals surface area contributed by atoms with Crippen molar-refractivity contribution in [3.05, 3.63) is 29.3 Å². The largest absolute Gasteiger partial charge is 0.507 e. The highest BCUT2D eigenvalue weighted by Crippen LogP contribution is 2.34. The first-order valence-electron chi connectivity index (χ1n) is 7.53. The number of hydrogen-bond acceptors (Lipinski definition) is 3. The molecule has 0 unspecified atom stereocenters. The predicted molar refractivity (Wildman–Crippen MR) is 80.9 cm³/mol. The summed E-state index contributed by atoms with van der Waals surface area (Å²) >= 11 is 0. The molecule has 0 bridgehead atoms. The van der Waals surface area contributed by atoms with Crippen LogP contribution >= 0.6 is 0 Å². The third kappa shape index (κ3) is 3.36. The van der Waals surface area contributed by atoms with Crippen LogP contribution in [0.25, 0.3) is 0 Å². The molecular formula is C17H22N2O2. The van der Waals surface area contributed by atoms with Gasteiger partial charge in [-0.05, 0) is 56.2 Å². The average molecular weight is 286 g/mol. The zero-order valence-electron chi connectivity index (χ0n) is 12.6. The summed E-state index contributed by atoms with van der Waals surface area (Å²) in [7, 11) is 0. The molecule has 1 aliphatic rings. The Kier molecular flexibility index (Phi) is 4.52. The molecule has 1 amide bonds. The van der Waals surface area contributed by atoms with Crippen molar-refractivity contribution in [3.8, 4) is 11.8 Å². The van der Waals surface area contributed by atoms with E-state index in [0.29, 0.717) is 18.8 Å². The Labute approximate surface area is 125 Å². The zero-order chi connectivity index (χ0) is 15.5. The maximum absolute atomic E-state index is 12.3. The van der Waals surface area contributed by atoms with Crippen LogP contribution in [0.2, 0.25) is 0 Å². The first kappa shape index (κ1) is 15.4. The highest BCUT2D eigenvalue weighted by atomic mass is 16.3. The van der Waals surface area contributed by atoms with Gasteiger partial charge in [-0.25, -0.2) is 0 Å². The van der Waals surface area contributed by atoms with Crippen molar-refractivity contribution in [1.29, 1.82) is 5.26 Å². The van der Waals surface area contributed by atoms with Gasteiger partial charge in [-0.15, -0.1) is 0 Å². The van der Waals surface area contributed by atoms with Crippen LogP contribution < -0.4 is 5.32 Å². The number of nitriles is 1. The van der Waals surface area contributed by atoms with E-state index < -0.39 is 5.54 Å². The van der Waals surface area contributed by atoms with E-state index >= 15 is 0 Å². The molecule has 0 heterocycles. The number of phenolic OH excluding ortho intramolecular Hbond substituents is 1. The summed E-state index contributed by atoms with van der Waals surface area (Å²) in [5.41, 5.74) is 0.329.